The van der Waals surface area contributed by atoms with Crippen LogP contribution in [0, 0.1) is 20.8 Å². The average Bonchev–Trinajstić information content (AvgIpc) is 3.48. The van der Waals surface area contributed by atoms with Crippen LogP contribution < -0.4 is 4.72 Å². The lowest BCUT2D eigenvalue weighted by atomic mass is 9.98. The molecule has 208 valence electrons. The Morgan fingerprint density at radius 3 is 2.17 bits per heavy atom. The van der Waals surface area contributed by atoms with Crippen molar-refractivity contribution < 1.29 is 12.8 Å². The van der Waals surface area contributed by atoms with Crippen LogP contribution in [0.4, 0.5) is 5.69 Å². The maximum Gasteiger partial charge on any atom is 0.262 e. The monoisotopic (exact) mass is 570 g/mol. The Balaban J connectivity index is 1.53. The molecule has 1 N–H and O–H groups in total. The molecule has 0 amide bonds. The summed E-state index contributed by atoms with van der Waals surface area (Å²) in [6, 6.07) is 37.0. The summed E-state index contributed by atoms with van der Waals surface area (Å²) in [6.07, 6.45) is 0. The number of anilines is 1. The molecular formula is C36H30N2O3S. The van der Waals surface area contributed by atoms with Crippen LogP contribution in [-0.4, -0.2) is 13.0 Å². The van der Waals surface area contributed by atoms with Gasteiger partial charge < -0.3 is 8.98 Å². The van der Waals surface area contributed by atoms with Crippen molar-refractivity contribution in [3.8, 4) is 0 Å². The SMILES string of the molecule is Cc1ccc(S(=O)(=O)Nc2c(C(c3ccc4ccccc4c3)n3c(C)c(C)c4ccccc43)oc3ccccc23)cc1. The molecule has 0 fully saturated rings. The number of aromatic nitrogens is 1. The van der Waals surface area contributed by atoms with Crippen molar-refractivity contribution in [3.05, 3.63) is 143 Å². The number of rotatable bonds is 6. The number of para-hydroxylation sites is 2. The number of fused-ring (bicyclic) bond motifs is 3. The van der Waals surface area contributed by atoms with Crippen molar-refractivity contribution in [2.45, 2.75) is 31.7 Å². The van der Waals surface area contributed by atoms with Crippen LogP contribution in [0.25, 0.3) is 32.6 Å². The molecule has 6 heteroatoms. The van der Waals surface area contributed by atoms with Gasteiger partial charge in [0, 0.05) is 22.0 Å². The van der Waals surface area contributed by atoms with Crippen LogP contribution in [0.5, 0.6) is 0 Å². The fourth-order valence-corrected chi connectivity index (χ4v) is 7.05. The van der Waals surface area contributed by atoms with Crippen molar-refractivity contribution in [1.82, 2.24) is 4.57 Å². The first kappa shape index (κ1) is 26.1. The van der Waals surface area contributed by atoms with Crippen LogP contribution >= 0.6 is 0 Å². The van der Waals surface area contributed by atoms with E-state index in [9.17, 15) is 8.42 Å². The van der Waals surface area contributed by atoms with Gasteiger partial charge in [0.05, 0.1) is 4.90 Å². The van der Waals surface area contributed by atoms with E-state index >= 15 is 0 Å². The van der Waals surface area contributed by atoms with E-state index in [0.717, 1.165) is 38.5 Å². The third-order valence-corrected chi connectivity index (χ3v) is 9.62. The molecule has 1 unspecified atom stereocenters. The van der Waals surface area contributed by atoms with E-state index < -0.39 is 16.1 Å². The van der Waals surface area contributed by atoms with Crippen molar-refractivity contribution in [1.29, 1.82) is 0 Å². The van der Waals surface area contributed by atoms with Crippen molar-refractivity contribution >= 4 is 48.4 Å². The summed E-state index contributed by atoms with van der Waals surface area (Å²) in [6.45, 7) is 6.18. The average molecular weight is 571 g/mol. The quantitative estimate of drug-likeness (QED) is 0.217. The lowest BCUT2D eigenvalue weighted by Gasteiger charge is -2.23. The van der Waals surface area contributed by atoms with E-state index in [1.807, 2.05) is 55.5 Å². The molecule has 0 saturated heterocycles. The molecule has 5 aromatic carbocycles. The Bertz CT molecular complexity index is 2220. The van der Waals surface area contributed by atoms with Crippen LogP contribution in [0.1, 0.15) is 34.2 Å². The molecule has 1 atom stereocenters. The maximum atomic E-state index is 13.8. The summed E-state index contributed by atoms with van der Waals surface area (Å²) >= 11 is 0. The van der Waals surface area contributed by atoms with Crippen molar-refractivity contribution in [2.24, 2.45) is 0 Å². The number of hydrogen-bond acceptors (Lipinski definition) is 3. The molecule has 0 saturated carbocycles. The minimum absolute atomic E-state index is 0.199. The minimum Gasteiger partial charge on any atom is -0.456 e. The number of aryl methyl sites for hydroxylation is 2. The smallest absolute Gasteiger partial charge is 0.262 e. The highest BCUT2D eigenvalue weighted by Crippen LogP contribution is 2.43. The van der Waals surface area contributed by atoms with E-state index in [1.54, 1.807) is 24.3 Å². The van der Waals surface area contributed by atoms with E-state index in [4.69, 9.17) is 4.42 Å². The van der Waals surface area contributed by atoms with Gasteiger partial charge in [0.1, 0.15) is 17.3 Å². The predicted octanol–water partition coefficient (Wildman–Crippen LogP) is 8.90. The number of furan rings is 1. The lowest BCUT2D eigenvalue weighted by molar-refractivity contribution is 0.492. The lowest BCUT2D eigenvalue weighted by Crippen LogP contribution is -2.18. The fourth-order valence-electron chi connectivity index (χ4n) is 5.96. The first-order valence-electron chi connectivity index (χ1n) is 14.0. The van der Waals surface area contributed by atoms with Gasteiger partial charge in [-0.2, -0.15) is 0 Å². The topological polar surface area (TPSA) is 64.2 Å². The minimum atomic E-state index is -3.91. The number of sulfonamides is 1. The van der Waals surface area contributed by atoms with Gasteiger partial charge in [0.25, 0.3) is 10.0 Å². The van der Waals surface area contributed by atoms with E-state index in [0.29, 0.717) is 22.4 Å². The van der Waals surface area contributed by atoms with Gasteiger partial charge in [-0.25, -0.2) is 8.42 Å². The molecule has 0 bridgehead atoms. The van der Waals surface area contributed by atoms with Crippen LogP contribution in [-0.2, 0) is 10.0 Å². The first-order chi connectivity index (χ1) is 20.3. The molecule has 0 aliphatic rings. The molecule has 5 nitrogen and oxygen atoms in total. The van der Waals surface area contributed by atoms with Gasteiger partial charge in [-0.1, -0.05) is 84.4 Å². The fraction of sp³-hybridized carbons (Fsp3) is 0.111. The second-order valence-corrected chi connectivity index (χ2v) is 12.5. The Kier molecular flexibility index (Phi) is 6.17. The zero-order valence-corrected chi connectivity index (χ0v) is 24.4. The second-order valence-electron chi connectivity index (χ2n) is 10.9. The van der Waals surface area contributed by atoms with Gasteiger partial charge in [0.2, 0.25) is 0 Å². The zero-order valence-electron chi connectivity index (χ0n) is 23.6. The standard InChI is InChI=1S/C36H30N2O3S/c1-23-16-20-29(21-17-23)42(39,40)37-34-31-13-7-9-15-33(31)41-36(34)35(28-19-18-26-10-4-5-11-27(26)22-28)38-25(3)24(2)30-12-6-8-14-32(30)38/h4-22,35,37H,1-3H3. The normalized spacial score (nSPS) is 12.7. The Labute approximate surface area is 245 Å². The molecule has 7 aromatic rings. The zero-order chi connectivity index (χ0) is 29.0. The number of nitrogens with one attached hydrogen (secondary N) is 1. The summed E-state index contributed by atoms with van der Waals surface area (Å²) in [5, 5.41) is 4.09. The summed E-state index contributed by atoms with van der Waals surface area (Å²) in [5.74, 6) is 0.533. The summed E-state index contributed by atoms with van der Waals surface area (Å²) < 4.78 is 39.5. The highest BCUT2D eigenvalue weighted by atomic mass is 32.2. The second kappa shape index (κ2) is 9.93. The predicted molar refractivity (Wildman–Crippen MR) is 171 cm³/mol. The summed E-state index contributed by atoms with van der Waals surface area (Å²) in [7, 11) is -3.91. The van der Waals surface area contributed by atoms with Crippen molar-refractivity contribution in [3.63, 3.8) is 0 Å². The van der Waals surface area contributed by atoms with Crippen molar-refractivity contribution in [2.75, 3.05) is 4.72 Å². The van der Waals surface area contributed by atoms with Crippen LogP contribution in [0.3, 0.4) is 0 Å². The van der Waals surface area contributed by atoms with Gasteiger partial charge in [0.15, 0.2) is 5.76 Å². The number of hydrogen-bond donors (Lipinski definition) is 1. The number of nitrogens with zero attached hydrogens (tertiary/aromatic N) is 1. The Hall–Kier alpha value is -4.81. The van der Waals surface area contributed by atoms with Crippen LogP contribution in [0.2, 0.25) is 0 Å². The first-order valence-corrected chi connectivity index (χ1v) is 15.5. The highest BCUT2D eigenvalue weighted by molar-refractivity contribution is 7.92. The number of benzene rings is 5. The van der Waals surface area contributed by atoms with E-state index in [-0.39, 0.29) is 4.90 Å². The van der Waals surface area contributed by atoms with Gasteiger partial charge in [-0.3, -0.25) is 4.72 Å². The van der Waals surface area contributed by atoms with E-state index in [1.165, 1.54) is 5.56 Å². The maximum absolute atomic E-state index is 13.8. The Morgan fingerprint density at radius 1 is 0.714 bits per heavy atom. The molecule has 0 spiro atoms. The largest absolute Gasteiger partial charge is 0.456 e. The summed E-state index contributed by atoms with van der Waals surface area (Å²) in [5.41, 5.74) is 6.36. The van der Waals surface area contributed by atoms with Gasteiger partial charge >= 0.3 is 0 Å². The summed E-state index contributed by atoms with van der Waals surface area (Å²) in [4.78, 5) is 0.199. The molecular weight excluding hydrogens is 540 g/mol. The Morgan fingerprint density at radius 2 is 1.38 bits per heavy atom. The molecule has 0 radical (unpaired) electrons. The van der Waals surface area contributed by atoms with Gasteiger partial charge in [-0.15, -0.1) is 0 Å². The molecule has 2 aromatic heterocycles. The molecule has 0 aliphatic carbocycles. The van der Waals surface area contributed by atoms with Crippen LogP contribution in [0.15, 0.2) is 125 Å². The third kappa shape index (κ3) is 4.27. The molecule has 0 aliphatic heterocycles. The molecule has 2 heterocycles. The van der Waals surface area contributed by atoms with E-state index in [2.05, 4.69) is 65.6 Å². The van der Waals surface area contributed by atoms with Gasteiger partial charge in [-0.05, 0) is 79.1 Å². The highest BCUT2D eigenvalue weighted by Gasteiger charge is 2.31. The molecule has 42 heavy (non-hydrogen) atoms. The third-order valence-electron chi connectivity index (χ3n) is 8.26. The molecule has 7 rings (SSSR count).